The van der Waals surface area contributed by atoms with E-state index in [1.54, 1.807) is 30.8 Å². The highest BCUT2D eigenvalue weighted by Crippen LogP contribution is 2.15. The van der Waals surface area contributed by atoms with Crippen LogP contribution >= 0.6 is 11.3 Å². The Kier molecular flexibility index (Phi) is 4.37. The van der Waals surface area contributed by atoms with Gasteiger partial charge in [0.15, 0.2) is 5.82 Å². The van der Waals surface area contributed by atoms with E-state index in [0.717, 1.165) is 30.2 Å². The Morgan fingerprint density at radius 1 is 1.29 bits per heavy atom. The summed E-state index contributed by atoms with van der Waals surface area (Å²) in [5, 5.41) is 6.69. The van der Waals surface area contributed by atoms with E-state index >= 15 is 0 Å². The summed E-state index contributed by atoms with van der Waals surface area (Å²) in [4.78, 5) is 10.1. The number of methoxy groups -OCH3 is 1. The summed E-state index contributed by atoms with van der Waals surface area (Å²) in [6, 6.07) is 8.02. The first kappa shape index (κ1) is 13.9. The van der Waals surface area contributed by atoms with E-state index in [1.165, 1.54) is 4.88 Å². The molecule has 0 bridgehead atoms. The Hall–Kier alpha value is -2.05. The summed E-state index contributed by atoms with van der Waals surface area (Å²) in [6.45, 7) is 0.622. The van der Waals surface area contributed by atoms with Gasteiger partial charge in [-0.1, -0.05) is 6.07 Å². The maximum atomic E-state index is 5.16. The summed E-state index contributed by atoms with van der Waals surface area (Å²) in [5.74, 6) is 1.73. The molecule has 3 aromatic rings. The van der Waals surface area contributed by atoms with Gasteiger partial charge in [-0.15, -0.1) is 11.3 Å². The molecule has 0 saturated carbocycles. The van der Waals surface area contributed by atoms with Crippen molar-refractivity contribution >= 4 is 11.3 Å². The van der Waals surface area contributed by atoms with E-state index in [2.05, 4.69) is 26.5 Å². The van der Waals surface area contributed by atoms with Crippen molar-refractivity contribution in [1.82, 2.24) is 19.7 Å². The quantitative estimate of drug-likeness (QED) is 0.702. The van der Waals surface area contributed by atoms with E-state index in [1.807, 2.05) is 22.9 Å². The molecule has 0 aromatic carbocycles. The predicted octanol–water partition coefficient (Wildman–Crippen LogP) is 2.50. The van der Waals surface area contributed by atoms with Crippen molar-refractivity contribution in [2.75, 3.05) is 13.7 Å². The molecule has 0 unspecified atom stereocenters. The summed E-state index contributed by atoms with van der Waals surface area (Å²) >= 11 is 1.72. The van der Waals surface area contributed by atoms with Crippen LogP contribution in [0.25, 0.3) is 5.69 Å². The molecule has 0 radical (unpaired) electrons. The molecule has 0 atom stereocenters. The Bertz CT molecular complexity index is 679. The molecule has 0 aliphatic heterocycles. The van der Waals surface area contributed by atoms with Crippen molar-refractivity contribution < 1.29 is 4.74 Å². The highest BCUT2D eigenvalue weighted by atomic mass is 32.1. The van der Waals surface area contributed by atoms with Crippen molar-refractivity contribution in [3.05, 3.63) is 58.6 Å². The van der Waals surface area contributed by atoms with Gasteiger partial charge in [0.2, 0.25) is 0 Å². The predicted molar refractivity (Wildman–Crippen MR) is 81.9 cm³/mol. The van der Waals surface area contributed by atoms with Crippen molar-refractivity contribution in [1.29, 1.82) is 0 Å². The third-order valence-corrected chi connectivity index (χ3v) is 3.93. The third-order valence-electron chi connectivity index (χ3n) is 3.05. The van der Waals surface area contributed by atoms with Gasteiger partial charge < -0.3 is 4.74 Å². The molecule has 0 saturated heterocycles. The fourth-order valence-corrected chi connectivity index (χ4v) is 2.78. The number of rotatable bonds is 6. The SMILES string of the molecule is COCCc1nc(Cc2cccs2)nn1-c1cccnc1. The topological polar surface area (TPSA) is 52.8 Å². The second-order valence-electron chi connectivity index (χ2n) is 4.57. The third kappa shape index (κ3) is 3.34. The van der Waals surface area contributed by atoms with Crippen LogP contribution in [0.15, 0.2) is 42.0 Å². The van der Waals surface area contributed by atoms with E-state index in [9.17, 15) is 0 Å². The molecule has 0 spiro atoms. The molecule has 0 aliphatic rings. The number of ether oxygens (including phenoxy) is 1. The molecule has 3 heterocycles. The van der Waals surface area contributed by atoms with Crippen molar-refractivity contribution in [3.8, 4) is 5.69 Å². The average molecular weight is 300 g/mol. The van der Waals surface area contributed by atoms with Gasteiger partial charge in [0.1, 0.15) is 5.82 Å². The zero-order valence-electron chi connectivity index (χ0n) is 11.8. The number of hydrogen-bond donors (Lipinski definition) is 0. The van der Waals surface area contributed by atoms with Gasteiger partial charge in [-0.2, -0.15) is 5.10 Å². The number of nitrogens with zero attached hydrogens (tertiary/aromatic N) is 4. The first-order valence-electron chi connectivity index (χ1n) is 6.73. The van der Waals surface area contributed by atoms with Crippen LogP contribution in [0.3, 0.4) is 0 Å². The molecule has 0 N–H and O–H groups in total. The van der Waals surface area contributed by atoms with Gasteiger partial charge in [-0.25, -0.2) is 9.67 Å². The van der Waals surface area contributed by atoms with Crippen LogP contribution in [-0.2, 0) is 17.6 Å². The van der Waals surface area contributed by atoms with Crippen LogP contribution in [0.2, 0.25) is 0 Å². The maximum absolute atomic E-state index is 5.16. The maximum Gasteiger partial charge on any atom is 0.156 e. The lowest BCUT2D eigenvalue weighted by atomic mass is 10.3. The minimum Gasteiger partial charge on any atom is -0.384 e. The smallest absolute Gasteiger partial charge is 0.156 e. The van der Waals surface area contributed by atoms with Gasteiger partial charge in [-0.3, -0.25) is 4.98 Å². The van der Waals surface area contributed by atoms with Crippen molar-refractivity contribution in [2.24, 2.45) is 0 Å². The molecule has 21 heavy (non-hydrogen) atoms. The molecule has 3 rings (SSSR count). The lowest BCUT2D eigenvalue weighted by Crippen LogP contribution is -2.06. The average Bonchev–Trinajstić information content (AvgIpc) is 3.16. The van der Waals surface area contributed by atoms with Crippen LogP contribution in [0.4, 0.5) is 0 Å². The van der Waals surface area contributed by atoms with E-state index < -0.39 is 0 Å². The minimum absolute atomic E-state index is 0.622. The first-order chi connectivity index (χ1) is 10.4. The minimum atomic E-state index is 0.622. The number of aromatic nitrogens is 4. The summed E-state index contributed by atoms with van der Waals surface area (Å²) < 4.78 is 7.01. The van der Waals surface area contributed by atoms with Crippen molar-refractivity contribution in [3.63, 3.8) is 0 Å². The fourth-order valence-electron chi connectivity index (χ4n) is 2.08. The Morgan fingerprint density at radius 3 is 2.95 bits per heavy atom. The summed E-state index contributed by atoms with van der Waals surface area (Å²) in [6.07, 6.45) is 5.02. The van der Waals surface area contributed by atoms with Crippen molar-refractivity contribution in [2.45, 2.75) is 12.8 Å². The van der Waals surface area contributed by atoms with Crippen LogP contribution in [0.5, 0.6) is 0 Å². The molecule has 108 valence electrons. The molecule has 3 aromatic heterocycles. The fraction of sp³-hybridized carbons (Fsp3) is 0.267. The molecular weight excluding hydrogens is 284 g/mol. The van der Waals surface area contributed by atoms with E-state index in [0.29, 0.717) is 6.61 Å². The van der Waals surface area contributed by atoms with Crippen LogP contribution in [-0.4, -0.2) is 33.5 Å². The van der Waals surface area contributed by atoms with Crippen LogP contribution < -0.4 is 0 Å². The van der Waals surface area contributed by atoms with Gasteiger partial charge in [0, 0.05) is 31.0 Å². The Labute approximate surface area is 127 Å². The first-order valence-corrected chi connectivity index (χ1v) is 7.61. The number of thiophene rings is 1. The van der Waals surface area contributed by atoms with Crippen LogP contribution in [0.1, 0.15) is 16.5 Å². The molecule has 0 aliphatic carbocycles. The Morgan fingerprint density at radius 2 is 2.24 bits per heavy atom. The molecule has 5 nitrogen and oxygen atoms in total. The van der Waals surface area contributed by atoms with E-state index in [-0.39, 0.29) is 0 Å². The lowest BCUT2D eigenvalue weighted by Gasteiger charge is -2.04. The second-order valence-corrected chi connectivity index (χ2v) is 5.60. The monoisotopic (exact) mass is 300 g/mol. The van der Waals surface area contributed by atoms with Crippen LogP contribution in [0, 0.1) is 0 Å². The zero-order valence-corrected chi connectivity index (χ0v) is 12.6. The molecular formula is C15H16N4OS. The van der Waals surface area contributed by atoms with E-state index in [4.69, 9.17) is 4.74 Å². The number of hydrogen-bond acceptors (Lipinski definition) is 5. The largest absolute Gasteiger partial charge is 0.384 e. The normalized spacial score (nSPS) is 10.9. The summed E-state index contributed by atoms with van der Waals surface area (Å²) in [5.41, 5.74) is 0.925. The van der Waals surface area contributed by atoms with Gasteiger partial charge in [0.05, 0.1) is 18.5 Å². The lowest BCUT2D eigenvalue weighted by molar-refractivity contribution is 0.200. The van der Waals surface area contributed by atoms with Gasteiger partial charge in [0.25, 0.3) is 0 Å². The molecule has 6 heteroatoms. The standard InChI is InChI=1S/C15H16N4OS/c1-20-8-6-15-17-14(10-13-5-3-9-21-13)18-19(15)12-4-2-7-16-11-12/h2-5,7,9,11H,6,8,10H2,1H3. The molecule has 0 amide bonds. The highest BCUT2D eigenvalue weighted by molar-refractivity contribution is 7.09. The second kappa shape index (κ2) is 6.60. The Balaban J connectivity index is 1.91. The van der Waals surface area contributed by atoms with Gasteiger partial charge >= 0.3 is 0 Å². The zero-order chi connectivity index (χ0) is 14.5. The number of pyridine rings is 1. The highest BCUT2D eigenvalue weighted by Gasteiger charge is 2.12. The van der Waals surface area contributed by atoms with Gasteiger partial charge in [-0.05, 0) is 23.6 Å². The summed E-state index contributed by atoms with van der Waals surface area (Å²) in [7, 11) is 1.69. The molecule has 0 fully saturated rings.